The van der Waals surface area contributed by atoms with E-state index < -0.39 is 23.2 Å². The summed E-state index contributed by atoms with van der Waals surface area (Å²) in [5.74, 6) is -0.851. The number of methoxy groups -OCH3 is 1. The van der Waals surface area contributed by atoms with Crippen molar-refractivity contribution in [1.82, 2.24) is 0 Å². The van der Waals surface area contributed by atoms with Gasteiger partial charge in [-0.05, 0) is 76.6 Å². The molecule has 1 aliphatic carbocycles. The Morgan fingerprint density at radius 1 is 1.00 bits per heavy atom. The minimum atomic E-state index is -1.03. The SMILES string of the molecule is COC(=O)[C@@H](OC(C)(C)C)c1c(C)c2c(c(C)c1-c1ccc(C)cc1)N(C(C)=O)C1(CCCCC1)C(=O)N2. The summed E-state index contributed by atoms with van der Waals surface area (Å²) in [6, 6.07) is 8.10. The van der Waals surface area contributed by atoms with Gasteiger partial charge in [-0.3, -0.25) is 14.5 Å². The van der Waals surface area contributed by atoms with Gasteiger partial charge < -0.3 is 14.8 Å². The Kier molecular flexibility index (Phi) is 7.45. The van der Waals surface area contributed by atoms with E-state index in [1.165, 1.54) is 14.0 Å². The molecule has 2 aliphatic rings. The molecule has 2 aromatic carbocycles. The van der Waals surface area contributed by atoms with Crippen LogP contribution in [0.5, 0.6) is 0 Å². The van der Waals surface area contributed by atoms with Crippen molar-refractivity contribution < 1.29 is 23.9 Å². The van der Waals surface area contributed by atoms with Gasteiger partial charge in [0.25, 0.3) is 5.91 Å². The van der Waals surface area contributed by atoms with Crippen LogP contribution in [0, 0.1) is 20.8 Å². The van der Waals surface area contributed by atoms with Crippen LogP contribution in [0.3, 0.4) is 0 Å². The van der Waals surface area contributed by atoms with Crippen LogP contribution < -0.4 is 10.2 Å². The lowest BCUT2D eigenvalue weighted by molar-refractivity contribution is -0.164. The third-order valence-electron chi connectivity index (χ3n) is 7.81. The first kappa shape index (κ1) is 27.8. The van der Waals surface area contributed by atoms with E-state index in [-0.39, 0.29) is 11.8 Å². The molecule has 4 rings (SSSR count). The second-order valence-corrected chi connectivity index (χ2v) is 11.7. The van der Waals surface area contributed by atoms with Crippen LogP contribution in [0.25, 0.3) is 11.1 Å². The van der Waals surface area contributed by atoms with Crippen molar-refractivity contribution in [2.75, 3.05) is 17.3 Å². The largest absolute Gasteiger partial charge is 0.467 e. The third kappa shape index (κ3) is 4.73. The van der Waals surface area contributed by atoms with Gasteiger partial charge in [0.1, 0.15) is 5.54 Å². The van der Waals surface area contributed by atoms with Crippen LogP contribution >= 0.6 is 0 Å². The predicted octanol–water partition coefficient (Wildman–Crippen LogP) is 6.32. The number of esters is 1. The topological polar surface area (TPSA) is 84.9 Å². The molecule has 1 fully saturated rings. The zero-order valence-electron chi connectivity index (χ0n) is 23.9. The monoisotopic (exact) mass is 520 g/mol. The van der Waals surface area contributed by atoms with Gasteiger partial charge in [0.05, 0.1) is 24.1 Å². The van der Waals surface area contributed by atoms with Crippen molar-refractivity contribution in [1.29, 1.82) is 0 Å². The zero-order valence-corrected chi connectivity index (χ0v) is 23.9. The molecule has 1 N–H and O–H groups in total. The molecule has 1 saturated carbocycles. The second kappa shape index (κ2) is 10.2. The van der Waals surface area contributed by atoms with Gasteiger partial charge in [-0.1, -0.05) is 49.1 Å². The maximum atomic E-state index is 13.8. The van der Waals surface area contributed by atoms with Crippen molar-refractivity contribution in [3.05, 3.63) is 46.5 Å². The molecule has 1 atom stereocenters. The van der Waals surface area contributed by atoms with E-state index >= 15 is 0 Å². The number of anilines is 2. The summed E-state index contributed by atoms with van der Waals surface area (Å²) in [6.07, 6.45) is 3.03. The number of ether oxygens (including phenoxy) is 2. The average molecular weight is 521 g/mol. The molecule has 0 saturated heterocycles. The van der Waals surface area contributed by atoms with Gasteiger partial charge in [-0.2, -0.15) is 0 Å². The lowest BCUT2D eigenvalue weighted by atomic mass is 9.75. The number of carbonyl (C=O) groups is 3. The van der Waals surface area contributed by atoms with Crippen LogP contribution in [0.2, 0.25) is 0 Å². The van der Waals surface area contributed by atoms with Gasteiger partial charge in [0, 0.05) is 12.5 Å². The number of benzene rings is 2. The number of fused-ring (bicyclic) bond motifs is 1. The molecule has 38 heavy (non-hydrogen) atoms. The molecular weight excluding hydrogens is 480 g/mol. The molecule has 7 nitrogen and oxygen atoms in total. The number of aryl methyl sites for hydroxylation is 1. The molecule has 7 heteroatoms. The van der Waals surface area contributed by atoms with Gasteiger partial charge >= 0.3 is 5.97 Å². The molecular formula is C31H40N2O5. The molecule has 1 aliphatic heterocycles. The Bertz CT molecular complexity index is 1270. The normalized spacial score (nSPS) is 17.6. The molecule has 0 radical (unpaired) electrons. The maximum Gasteiger partial charge on any atom is 0.339 e. The highest BCUT2D eigenvalue weighted by molar-refractivity contribution is 6.16. The van der Waals surface area contributed by atoms with Crippen molar-refractivity contribution in [3.63, 3.8) is 0 Å². The Labute approximate surface area is 225 Å². The number of amides is 2. The lowest BCUT2D eigenvalue weighted by Crippen LogP contribution is -2.62. The van der Waals surface area contributed by atoms with Crippen LogP contribution in [0.1, 0.15) is 88.2 Å². The number of hydrogen-bond acceptors (Lipinski definition) is 5. The second-order valence-electron chi connectivity index (χ2n) is 11.7. The number of hydrogen-bond donors (Lipinski definition) is 1. The van der Waals surface area contributed by atoms with Crippen LogP contribution in [0.15, 0.2) is 24.3 Å². The highest BCUT2D eigenvalue weighted by atomic mass is 16.6. The minimum Gasteiger partial charge on any atom is -0.467 e. The third-order valence-corrected chi connectivity index (χ3v) is 7.81. The fraction of sp³-hybridized carbons (Fsp3) is 0.516. The van der Waals surface area contributed by atoms with Crippen LogP contribution in [-0.4, -0.2) is 36.0 Å². The van der Waals surface area contributed by atoms with E-state index in [0.717, 1.165) is 41.5 Å². The number of nitrogens with zero attached hydrogens (tertiary/aromatic N) is 1. The first-order chi connectivity index (χ1) is 17.8. The summed E-state index contributed by atoms with van der Waals surface area (Å²) in [5, 5.41) is 3.18. The summed E-state index contributed by atoms with van der Waals surface area (Å²) in [7, 11) is 1.35. The number of nitrogens with one attached hydrogen (secondary N) is 1. The fourth-order valence-electron chi connectivity index (χ4n) is 6.14. The molecule has 1 spiro atoms. The van der Waals surface area contributed by atoms with Crippen LogP contribution in [0.4, 0.5) is 11.4 Å². The van der Waals surface area contributed by atoms with Gasteiger partial charge in [-0.15, -0.1) is 0 Å². The van der Waals surface area contributed by atoms with E-state index in [9.17, 15) is 14.4 Å². The van der Waals surface area contributed by atoms with E-state index in [1.54, 1.807) is 4.90 Å². The van der Waals surface area contributed by atoms with Crippen molar-refractivity contribution >= 4 is 29.2 Å². The Hall–Kier alpha value is -3.19. The van der Waals surface area contributed by atoms with Crippen molar-refractivity contribution in [2.24, 2.45) is 0 Å². The Morgan fingerprint density at radius 3 is 2.13 bits per heavy atom. The van der Waals surface area contributed by atoms with Crippen molar-refractivity contribution in [2.45, 2.75) is 97.8 Å². The highest BCUT2D eigenvalue weighted by Gasteiger charge is 2.52. The molecule has 0 unspecified atom stereocenters. The number of carbonyl (C=O) groups excluding carboxylic acids is 3. The summed E-state index contributed by atoms with van der Waals surface area (Å²) in [4.78, 5) is 42.1. The maximum absolute atomic E-state index is 13.8. The standard InChI is InChI=1S/C31H40N2O5/c1-18-12-14-22(15-13-18)23-20(3)26-25(19(2)24(23)27(28(35)37-8)38-30(5,6)7)32-29(36)31(33(26)21(4)34)16-10-9-11-17-31/h12-15,27H,9-11,16-17H2,1-8H3,(H,32,36)/t27-/m0/s1. The quantitative estimate of drug-likeness (QED) is 0.477. The summed E-state index contributed by atoms with van der Waals surface area (Å²) >= 11 is 0. The number of rotatable bonds is 4. The first-order valence-electron chi connectivity index (χ1n) is 13.4. The lowest BCUT2D eigenvalue weighted by Gasteiger charge is -2.49. The smallest absolute Gasteiger partial charge is 0.339 e. The zero-order chi connectivity index (χ0) is 28.0. The fourth-order valence-corrected chi connectivity index (χ4v) is 6.14. The molecule has 0 aromatic heterocycles. The van der Waals surface area contributed by atoms with Crippen molar-refractivity contribution in [3.8, 4) is 11.1 Å². The highest BCUT2D eigenvalue weighted by Crippen LogP contribution is 2.52. The molecule has 1 heterocycles. The van der Waals surface area contributed by atoms with E-state index in [0.29, 0.717) is 35.3 Å². The predicted molar refractivity (Wildman–Crippen MR) is 149 cm³/mol. The molecule has 204 valence electrons. The first-order valence-corrected chi connectivity index (χ1v) is 13.4. The summed E-state index contributed by atoms with van der Waals surface area (Å²) in [5.41, 5.74) is 4.65. The molecule has 0 bridgehead atoms. The van der Waals surface area contributed by atoms with E-state index in [2.05, 4.69) is 5.32 Å². The van der Waals surface area contributed by atoms with Gasteiger partial charge in [0.15, 0.2) is 6.10 Å². The van der Waals surface area contributed by atoms with Gasteiger partial charge in [0.2, 0.25) is 5.91 Å². The molecule has 2 aromatic rings. The van der Waals surface area contributed by atoms with E-state index in [4.69, 9.17) is 9.47 Å². The van der Waals surface area contributed by atoms with E-state index in [1.807, 2.05) is 65.8 Å². The van der Waals surface area contributed by atoms with Gasteiger partial charge in [-0.25, -0.2) is 4.79 Å². The summed E-state index contributed by atoms with van der Waals surface area (Å²) in [6.45, 7) is 13.1. The average Bonchev–Trinajstić information content (AvgIpc) is 2.86. The minimum absolute atomic E-state index is 0.163. The Morgan fingerprint density at radius 2 is 1.61 bits per heavy atom. The summed E-state index contributed by atoms with van der Waals surface area (Å²) < 4.78 is 11.5. The molecule has 2 amide bonds. The van der Waals surface area contributed by atoms with Crippen LogP contribution in [-0.2, 0) is 23.9 Å². The Balaban J connectivity index is 2.11.